The number of rotatable bonds is 8. The minimum Gasteiger partial charge on any atom is -0.384 e. The Labute approximate surface area is 223 Å². The highest BCUT2D eigenvalue weighted by Gasteiger charge is 2.19. The lowest BCUT2D eigenvalue weighted by molar-refractivity contribution is 0.353. The Morgan fingerprint density at radius 3 is 2.66 bits per heavy atom. The molecule has 1 aliphatic rings. The van der Waals surface area contributed by atoms with Crippen LogP contribution in [0, 0.1) is 5.92 Å². The summed E-state index contributed by atoms with van der Waals surface area (Å²) in [4.78, 5) is 5.22. The first-order valence-corrected chi connectivity index (χ1v) is 14.8. The topological polar surface area (TPSA) is 76.0 Å². The largest absolute Gasteiger partial charge is 0.384 e. The molecule has 1 unspecified atom stereocenters. The van der Waals surface area contributed by atoms with E-state index < -0.39 is 10.0 Å². The van der Waals surface area contributed by atoms with Crippen LogP contribution in [0.15, 0.2) is 96.0 Å². The number of para-hydroxylation sites is 1. The molecule has 3 heterocycles. The summed E-state index contributed by atoms with van der Waals surface area (Å²) in [7, 11) is -3.67. The highest BCUT2D eigenvalue weighted by Crippen LogP contribution is 2.31. The van der Waals surface area contributed by atoms with Crippen LogP contribution in [0.4, 0.5) is 5.69 Å². The normalized spacial score (nSPS) is 16.2. The molecule has 5 aromatic rings. The number of nitrogens with zero attached hydrogens (tertiary/aromatic N) is 2. The molecule has 3 aromatic carbocycles. The van der Waals surface area contributed by atoms with Crippen LogP contribution in [-0.2, 0) is 10.0 Å². The van der Waals surface area contributed by atoms with E-state index in [1.165, 1.54) is 23.2 Å². The third kappa shape index (κ3) is 4.91. The molecular formula is C31H32N4O2S. The highest BCUT2D eigenvalue weighted by molar-refractivity contribution is 7.90. The maximum absolute atomic E-state index is 13.2. The van der Waals surface area contributed by atoms with Crippen molar-refractivity contribution in [1.82, 2.24) is 14.3 Å². The zero-order valence-corrected chi connectivity index (χ0v) is 22.1. The van der Waals surface area contributed by atoms with Crippen molar-refractivity contribution >= 4 is 37.5 Å². The van der Waals surface area contributed by atoms with E-state index in [2.05, 4.69) is 22.8 Å². The molecule has 1 saturated heterocycles. The molecule has 0 spiro atoms. The molecule has 6 rings (SSSR count). The van der Waals surface area contributed by atoms with Gasteiger partial charge in [0.25, 0.3) is 10.0 Å². The Hall–Kier alpha value is -3.68. The van der Waals surface area contributed by atoms with E-state index in [9.17, 15) is 8.42 Å². The summed E-state index contributed by atoms with van der Waals surface area (Å²) in [6.07, 6.45) is 6.59. The second kappa shape index (κ2) is 10.6. The average molecular weight is 525 g/mol. The van der Waals surface area contributed by atoms with E-state index in [0.29, 0.717) is 5.52 Å². The van der Waals surface area contributed by atoms with Gasteiger partial charge in [-0.25, -0.2) is 17.4 Å². The summed E-state index contributed by atoms with van der Waals surface area (Å²) >= 11 is 0. The van der Waals surface area contributed by atoms with E-state index >= 15 is 0 Å². The number of aromatic nitrogens is 2. The Morgan fingerprint density at radius 2 is 1.82 bits per heavy atom. The van der Waals surface area contributed by atoms with Gasteiger partial charge in [-0.2, -0.15) is 0 Å². The van der Waals surface area contributed by atoms with Crippen LogP contribution in [0.5, 0.6) is 0 Å². The van der Waals surface area contributed by atoms with Crippen LogP contribution < -0.4 is 10.6 Å². The monoisotopic (exact) mass is 524 g/mol. The number of hydrogen-bond acceptors (Lipinski definition) is 5. The third-order valence-electron chi connectivity index (χ3n) is 7.47. The molecule has 2 N–H and O–H groups in total. The number of hydrogen-bond donors (Lipinski definition) is 2. The van der Waals surface area contributed by atoms with Crippen molar-refractivity contribution in [2.45, 2.75) is 30.6 Å². The SMILES string of the molecule is O=S(=O)(c1ccccc1)n1ccc2cc(-c3cc(NCCCC4CCCNC4)c4ccccc4n3)ccc21. The van der Waals surface area contributed by atoms with Crippen LogP contribution in [0.1, 0.15) is 25.7 Å². The van der Waals surface area contributed by atoms with Gasteiger partial charge in [-0.05, 0) is 87.2 Å². The fraction of sp³-hybridized carbons (Fsp3) is 0.258. The summed E-state index contributed by atoms with van der Waals surface area (Å²) < 4.78 is 27.8. The van der Waals surface area contributed by atoms with Gasteiger partial charge in [-0.15, -0.1) is 0 Å². The second-order valence-electron chi connectivity index (χ2n) is 10.1. The lowest BCUT2D eigenvalue weighted by Gasteiger charge is -2.22. The molecule has 0 amide bonds. The molecular weight excluding hydrogens is 492 g/mol. The molecule has 1 aliphatic heterocycles. The first kappa shape index (κ1) is 24.6. The summed E-state index contributed by atoms with van der Waals surface area (Å²) in [5.41, 5.74) is 4.48. The number of benzene rings is 3. The molecule has 38 heavy (non-hydrogen) atoms. The first-order valence-electron chi connectivity index (χ1n) is 13.4. The van der Waals surface area contributed by atoms with Crippen LogP contribution in [-0.4, -0.2) is 37.0 Å². The molecule has 6 nitrogen and oxygen atoms in total. The van der Waals surface area contributed by atoms with Crippen molar-refractivity contribution < 1.29 is 8.42 Å². The molecule has 0 aliphatic carbocycles. The molecule has 0 bridgehead atoms. The maximum Gasteiger partial charge on any atom is 0.268 e. The minimum atomic E-state index is -3.67. The van der Waals surface area contributed by atoms with Crippen molar-refractivity contribution in [2.75, 3.05) is 25.0 Å². The van der Waals surface area contributed by atoms with Gasteiger partial charge >= 0.3 is 0 Å². The smallest absolute Gasteiger partial charge is 0.268 e. The van der Waals surface area contributed by atoms with Gasteiger partial charge in [0.2, 0.25) is 0 Å². The van der Waals surface area contributed by atoms with E-state index in [0.717, 1.165) is 65.2 Å². The van der Waals surface area contributed by atoms with Gasteiger partial charge in [0, 0.05) is 34.8 Å². The van der Waals surface area contributed by atoms with Crippen molar-refractivity contribution in [3.05, 3.63) is 91.1 Å². The number of fused-ring (bicyclic) bond motifs is 2. The van der Waals surface area contributed by atoms with Crippen molar-refractivity contribution in [3.8, 4) is 11.3 Å². The molecule has 1 fully saturated rings. The summed E-state index contributed by atoms with van der Waals surface area (Å²) in [6.45, 7) is 3.21. The van der Waals surface area contributed by atoms with Gasteiger partial charge in [-0.3, -0.25) is 0 Å². The summed E-state index contributed by atoms with van der Waals surface area (Å²) in [6, 6.07) is 26.5. The van der Waals surface area contributed by atoms with Gasteiger partial charge in [-0.1, -0.05) is 42.5 Å². The minimum absolute atomic E-state index is 0.272. The molecule has 7 heteroatoms. The van der Waals surface area contributed by atoms with E-state index in [1.807, 2.05) is 48.5 Å². The third-order valence-corrected chi connectivity index (χ3v) is 9.17. The van der Waals surface area contributed by atoms with E-state index in [4.69, 9.17) is 4.98 Å². The predicted molar refractivity (Wildman–Crippen MR) is 155 cm³/mol. The molecule has 1 atom stereocenters. The van der Waals surface area contributed by atoms with Gasteiger partial charge in [0.15, 0.2) is 0 Å². The number of nitrogens with one attached hydrogen (secondary N) is 2. The second-order valence-corrected chi connectivity index (χ2v) is 11.9. The first-order chi connectivity index (χ1) is 18.6. The van der Waals surface area contributed by atoms with Crippen molar-refractivity contribution in [2.24, 2.45) is 5.92 Å². The van der Waals surface area contributed by atoms with Gasteiger partial charge < -0.3 is 10.6 Å². The molecule has 0 radical (unpaired) electrons. The van der Waals surface area contributed by atoms with Crippen LogP contribution in [0.2, 0.25) is 0 Å². The highest BCUT2D eigenvalue weighted by atomic mass is 32.2. The summed E-state index contributed by atoms with van der Waals surface area (Å²) in [5.74, 6) is 0.778. The van der Waals surface area contributed by atoms with Crippen LogP contribution >= 0.6 is 0 Å². The number of pyridine rings is 1. The lowest BCUT2D eigenvalue weighted by atomic mass is 9.95. The molecule has 0 saturated carbocycles. The quantitative estimate of drug-likeness (QED) is 0.234. The zero-order valence-electron chi connectivity index (χ0n) is 21.3. The Bertz CT molecular complexity index is 1670. The zero-order chi connectivity index (χ0) is 26.0. The Morgan fingerprint density at radius 1 is 0.974 bits per heavy atom. The van der Waals surface area contributed by atoms with Gasteiger partial charge in [0.05, 0.1) is 21.6 Å². The standard InChI is InChI=1S/C31H32N4O2S/c36-38(37,26-10-2-1-3-11-26)35-19-16-25-20-24(14-15-31(25)35)29-21-30(27-12-4-5-13-28(27)34-29)33-18-7-9-23-8-6-17-32-22-23/h1-5,10-16,19-21,23,32H,6-9,17-18,22H2,(H,33,34). The summed E-state index contributed by atoms with van der Waals surface area (Å²) in [5, 5.41) is 9.15. The Kier molecular flexibility index (Phi) is 6.87. The van der Waals surface area contributed by atoms with Gasteiger partial charge in [0.1, 0.15) is 0 Å². The average Bonchev–Trinajstić information content (AvgIpc) is 3.40. The predicted octanol–water partition coefficient (Wildman–Crippen LogP) is 6.29. The van der Waals surface area contributed by atoms with Crippen LogP contribution in [0.25, 0.3) is 33.1 Å². The van der Waals surface area contributed by atoms with Crippen LogP contribution in [0.3, 0.4) is 0 Å². The fourth-order valence-corrected chi connectivity index (χ4v) is 6.82. The molecule has 194 valence electrons. The van der Waals surface area contributed by atoms with Crippen molar-refractivity contribution in [1.29, 1.82) is 0 Å². The van der Waals surface area contributed by atoms with E-state index in [1.54, 1.807) is 30.5 Å². The fourth-order valence-electron chi connectivity index (χ4n) is 5.45. The molecule has 2 aromatic heterocycles. The van der Waals surface area contributed by atoms with Crippen molar-refractivity contribution in [3.63, 3.8) is 0 Å². The number of anilines is 1. The number of piperidine rings is 1. The Balaban J connectivity index is 1.28. The lowest BCUT2D eigenvalue weighted by Crippen LogP contribution is -2.29. The maximum atomic E-state index is 13.2. The van der Waals surface area contributed by atoms with E-state index in [-0.39, 0.29) is 4.90 Å².